The van der Waals surface area contributed by atoms with Gasteiger partial charge in [-0.2, -0.15) is 0 Å². The van der Waals surface area contributed by atoms with Gasteiger partial charge < -0.3 is 14.6 Å². The zero-order chi connectivity index (χ0) is 16.1. The van der Waals surface area contributed by atoms with Crippen molar-refractivity contribution in [3.8, 4) is 11.5 Å². The number of ether oxygens (including phenoxy) is 2. The number of carbonyl (C=O) groups is 1. The molecule has 22 heavy (non-hydrogen) atoms. The molecular formula is C16H22BrNO4. The summed E-state index contributed by atoms with van der Waals surface area (Å²) >= 11 is 3.50. The lowest BCUT2D eigenvalue weighted by atomic mass is 10.0. The minimum atomic E-state index is -0.739. The fourth-order valence-electron chi connectivity index (χ4n) is 2.87. The van der Waals surface area contributed by atoms with Gasteiger partial charge in [0.1, 0.15) is 6.04 Å². The van der Waals surface area contributed by atoms with Crippen molar-refractivity contribution >= 4 is 21.9 Å². The van der Waals surface area contributed by atoms with E-state index in [1.165, 1.54) is 0 Å². The third kappa shape index (κ3) is 3.93. The van der Waals surface area contributed by atoms with Gasteiger partial charge in [-0.15, -0.1) is 0 Å². The van der Waals surface area contributed by atoms with Crippen LogP contribution < -0.4 is 9.47 Å². The fraction of sp³-hybridized carbons (Fsp3) is 0.562. The summed E-state index contributed by atoms with van der Waals surface area (Å²) in [7, 11) is 1.60. The molecule has 1 aliphatic rings. The summed E-state index contributed by atoms with van der Waals surface area (Å²) in [4.78, 5) is 13.4. The molecule has 0 saturated carbocycles. The third-order valence-electron chi connectivity index (χ3n) is 3.86. The van der Waals surface area contributed by atoms with E-state index >= 15 is 0 Å². The number of methoxy groups -OCH3 is 1. The van der Waals surface area contributed by atoms with Crippen LogP contribution in [0.1, 0.15) is 31.7 Å². The Labute approximate surface area is 139 Å². The van der Waals surface area contributed by atoms with Gasteiger partial charge in [-0.1, -0.05) is 6.42 Å². The average molecular weight is 372 g/mol. The molecule has 1 aromatic rings. The predicted octanol–water partition coefficient (Wildman–Crippen LogP) is 3.30. The highest BCUT2D eigenvalue weighted by Gasteiger charge is 2.28. The quantitative estimate of drug-likeness (QED) is 0.831. The molecular weight excluding hydrogens is 350 g/mol. The van der Waals surface area contributed by atoms with E-state index in [2.05, 4.69) is 15.9 Å². The molecule has 6 heteroatoms. The van der Waals surface area contributed by atoms with Gasteiger partial charge in [0.2, 0.25) is 0 Å². The molecule has 1 heterocycles. The number of piperidine rings is 1. The van der Waals surface area contributed by atoms with Gasteiger partial charge in [0.25, 0.3) is 0 Å². The van der Waals surface area contributed by atoms with Crippen molar-refractivity contribution in [1.82, 2.24) is 4.90 Å². The molecule has 2 rings (SSSR count). The molecule has 0 radical (unpaired) electrons. The van der Waals surface area contributed by atoms with E-state index in [1.807, 2.05) is 24.0 Å². The monoisotopic (exact) mass is 371 g/mol. The number of aliphatic carboxylic acids is 1. The van der Waals surface area contributed by atoms with Crippen LogP contribution in [-0.4, -0.2) is 42.3 Å². The Morgan fingerprint density at radius 2 is 2.23 bits per heavy atom. The molecule has 122 valence electrons. The largest absolute Gasteiger partial charge is 0.492 e. The summed E-state index contributed by atoms with van der Waals surface area (Å²) in [5, 5.41) is 9.37. The number of carboxylic acids is 1. The molecule has 0 amide bonds. The number of hydrogen-bond acceptors (Lipinski definition) is 4. The second-order valence-electron chi connectivity index (χ2n) is 5.36. The maximum absolute atomic E-state index is 11.4. The average Bonchev–Trinajstić information content (AvgIpc) is 2.48. The van der Waals surface area contributed by atoms with Crippen molar-refractivity contribution in [2.24, 2.45) is 0 Å². The van der Waals surface area contributed by atoms with Gasteiger partial charge in [-0.05, 0) is 59.9 Å². The van der Waals surface area contributed by atoms with E-state index in [0.29, 0.717) is 31.1 Å². The van der Waals surface area contributed by atoms with Crippen LogP contribution in [0, 0.1) is 0 Å². The molecule has 0 bridgehead atoms. The van der Waals surface area contributed by atoms with Crippen molar-refractivity contribution in [3.05, 3.63) is 22.2 Å². The topological polar surface area (TPSA) is 59.0 Å². The highest BCUT2D eigenvalue weighted by molar-refractivity contribution is 9.10. The Morgan fingerprint density at radius 1 is 1.45 bits per heavy atom. The van der Waals surface area contributed by atoms with E-state index in [-0.39, 0.29) is 0 Å². The minimum absolute atomic E-state index is 0.398. The summed E-state index contributed by atoms with van der Waals surface area (Å²) in [6, 6.07) is 3.50. The Kier molecular flexibility index (Phi) is 6.08. The van der Waals surface area contributed by atoms with E-state index in [9.17, 15) is 9.90 Å². The fourth-order valence-corrected chi connectivity index (χ4v) is 3.52. The van der Waals surface area contributed by atoms with E-state index in [4.69, 9.17) is 9.47 Å². The van der Waals surface area contributed by atoms with Crippen LogP contribution in [-0.2, 0) is 11.3 Å². The van der Waals surface area contributed by atoms with Crippen LogP contribution >= 0.6 is 15.9 Å². The molecule has 1 aliphatic heterocycles. The lowest BCUT2D eigenvalue weighted by Crippen LogP contribution is -2.44. The van der Waals surface area contributed by atoms with Crippen LogP contribution in [0.2, 0.25) is 0 Å². The van der Waals surface area contributed by atoms with Gasteiger partial charge in [0.05, 0.1) is 18.2 Å². The molecule has 1 unspecified atom stereocenters. The second kappa shape index (κ2) is 7.83. The van der Waals surface area contributed by atoms with Crippen molar-refractivity contribution < 1.29 is 19.4 Å². The van der Waals surface area contributed by atoms with Crippen molar-refractivity contribution in [1.29, 1.82) is 0 Å². The summed E-state index contributed by atoms with van der Waals surface area (Å²) in [5.41, 5.74) is 1.02. The molecule has 5 nitrogen and oxygen atoms in total. The van der Waals surface area contributed by atoms with Crippen molar-refractivity contribution in [3.63, 3.8) is 0 Å². The zero-order valence-corrected chi connectivity index (χ0v) is 14.6. The molecule has 1 aromatic carbocycles. The first-order chi connectivity index (χ1) is 10.6. The Bertz CT molecular complexity index is 535. The van der Waals surface area contributed by atoms with Crippen molar-refractivity contribution in [2.75, 3.05) is 20.3 Å². The number of benzene rings is 1. The van der Waals surface area contributed by atoms with Crippen LogP contribution in [0.15, 0.2) is 16.6 Å². The van der Waals surface area contributed by atoms with Crippen molar-refractivity contribution in [2.45, 2.75) is 38.8 Å². The molecule has 0 spiro atoms. The first kappa shape index (κ1) is 17.1. The standard InChI is InChI=1S/C16H22BrNO4/c1-3-22-14-9-11(8-12(17)15(14)21-2)10-18-7-5-4-6-13(18)16(19)20/h8-9,13H,3-7,10H2,1-2H3,(H,19,20). The Hall–Kier alpha value is -1.27. The normalized spacial score (nSPS) is 19.0. The van der Waals surface area contributed by atoms with Gasteiger partial charge >= 0.3 is 5.97 Å². The Morgan fingerprint density at radius 3 is 2.86 bits per heavy atom. The van der Waals surface area contributed by atoms with Gasteiger partial charge in [-0.25, -0.2) is 0 Å². The minimum Gasteiger partial charge on any atom is -0.492 e. The van der Waals surface area contributed by atoms with Crippen LogP contribution in [0.5, 0.6) is 11.5 Å². The van der Waals surface area contributed by atoms with E-state index in [1.54, 1.807) is 7.11 Å². The highest BCUT2D eigenvalue weighted by Crippen LogP contribution is 2.37. The zero-order valence-electron chi connectivity index (χ0n) is 13.0. The number of nitrogens with zero attached hydrogens (tertiary/aromatic N) is 1. The summed E-state index contributed by atoms with van der Waals surface area (Å²) in [6.45, 7) is 3.88. The van der Waals surface area contributed by atoms with Gasteiger partial charge in [-0.3, -0.25) is 9.69 Å². The molecule has 0 aromatic heterocycles. The number of carboxylic acid groups (broad SMARTS) is 1. The maximum Gasteiger partial charge on any atom is 0.320 e. The summed E-state index contributed by atoms with van der Waals surface area (Å²) in [5.74, 6) is 0.606. The smallest absolute Gasteiger partial charge is 0.320 e. The second-order valence-corrected chi connectivity index (χ2v) is 6.22. The van der Waals surface area contributed by atoms with Crippen LogP contribution in [0.3, 0.4) is 0 Å². The van der Waals surface area contributed by atoms with Crippen LogP contribution in [0.25, 0.3) is 0 Å². The number of halogens is 1. The number of likely N-dealkylation sites (tertiary alicyclic amines) is 1. The maximum atomic E-state index is 11.4. The number of rotatable bonds is 6. The molecule has 1 atom stereocenters. The molecule has 1 saturated heterocycles. The first-order valence-corrected chi connectivity index (χ1v) is 8.32. The van der Waals surface area contributed by atoms with E-state index < -0.39 is 12.0 Å². The summed E-state index contributed by atoms with van der Waals surface area (Å²) in [6.07, 6.45) is 2.73. The highest BCUT2D eigenvalue weighted by atomic mass is 79.9. The SMILES string of the molecule is CCOc1cc(CN2CCCCC2C(=O)O)cc(Br)c1OC. The Balaban J connectivity index is 2.22. The van der Waals surface area contributed by atoms with Gasteiger partial charge in [0.15, 0.2) is 11.5 Å². The van der Waals surface area contributed by atoms with Gasteiger partial charge in [0, 0.05) is 6.54 Å². The predicted molar refractivity (Wildman–Crippen MR) is 87.5 cm³/mol. The molecule has 0 aliphatic carbocycles. The lowest BCUT2D eigenvalue weighted by Gasteiger charge is -2.33. The molecule has 1 N–H and O–H groups in total. The third-order valence-corrected chi connectivity index (χ3v) is 4.45. The number of hydrogen-bond donors (Lipinski definition) is 1. The molecule has 1 fully saturated rings. The first-order valence-electron chi connectivity index (χ1n) is 7.52. The van der Waals surface area contributed by atoms with Crippen LogP contribution in [0.4, 0.5) is 0 Å². The lowest BCUT2D eigenvalue weighted by molar-refractivity contribution is -0.144. The van der Waals surface area contributed by atoms with E-state index in [0.717, 1.165) is 29.4 Å². The summed E-state index contributed by atoms with van der Waals surface area (Å²) < 4.78 is 11.8.